The molecular formula is C13H18ClFN2O2S. The molecule has 0 aromatic heterocycles. The van der Waals surface area contributed by atoms with Gasteiger partial charge in [0.25, 0.3) is 0 Å². The molecule has 7 heteroatoms. The molecule has 1 heterocycles. The fourth-order valence-corrected chi connectivity index (χ4v) is 3.97. The zero-order valence-corrected chi connectivity index (χ0v) is 13.1. The second kappa shape index (κ2) is 5.60. The van der Waals surface area contributed by atoms with Crippen molar-refractivity contribution in [3.8, 4) is 0 Å². The fourth-order valence-electron chi connectivity index (χ4n) is 2.26. The van der Waals surface area contributed by atoms with Crippen LogP contribution in [-0.2, 0) is 10.0 Å². The van der Waals surface area contributed by atoms with Crippen LogP contribution in [0.25, 0.3) is 0 Å². The van der Waals surface area contributed by atoms with E-state index in [1.165, 1.54) is 10.4 Å². The van der Waals surface area contributed by atoms with Gasteiger partial charge in [0.2, 0.25) is 10.0 Å². The molecule has 0 atom stereocenters. The van der Waals surface area contributed by atoms with Gasteiger partial charge in [0, 0.05) is 18.6 Å². The largest absolute Gasteiger partial charge is 0.314 e. The van der Waals surface area contributed by atoms with Gasteiger partial charge in [-0.2, -0.15) is 4.31 Å². The summed E-state index contributed by atoms with van der Waals surface area (Å²) in [6.45, 7) is 2.95. The highest BCUT2D eigenvalue weighted by Gasteiger charge is 2.34. The normalized spacial score (nSPS) is 20.0. The number of nitrogens with one attached hydrogen (secondary N) is 1. The van der Waals surface area contributed by atoms with Crippen LogP contribution in [0.4, 0.5) is 4.39 Å². The molecule has 1 saturated heterocycles. The maximum Gasteiger partial charge on any atom is 0.243 e. The maximum absolute atomic E-state index is 13.1. The van der Waals surface area contributed by atoms with Gasteiger partial charge in [-0.1, -0.05) is 11.6 Å². The number of nitrogens with zero attached hydrogens (tertiary/aromatic N) is 1. The van der Waals surface area contributed by atoms with E-state index in [2.05, 4.69) is 12.2 Å². The maximum atomic E-state index is 13.1. The summed E-state index contributed by atoms with van der Waals surface area (Å²) in [6.07, 6.45) is 1.47. The smallest absolute Gasteiger partial charge is 0.243 e. The summed E-state index contributed by atoms with van der Waals surface area (Å²) in [6, 6.07) is 3.50. The molecule has 1 N–H and O–H groups in total. The fraction of sp³-hybridized carbons (Fsp3) is 0.538. The van der Waals surface area contributed by atoms with Crippen molar-refractivity contribution in [3.05, 3.63) is 29.0 Å². The van der Waals surface area contributed by atoms with E-state index in [0.29, 0.717) is 13.1 Å². The van der Waals surface area contributed by atoms with Crippen LogP contribution in [-0.4, -0.2) is 38.4 Å². The first kappa shape index (κ1) is 15.7. The van der Waals surface area contributed by atoms with Gasteiger partial charge in [-0.05, 0) is 45.0 Å². The number of halogens is 2. The van der Waals surface area contributed by atoms with Crippen LogP contribution in [0.1, 0.15) is 19.8 Å². The number of hydrogen-bond acceptors (Lipinski definition) is 3. The minimum absolute atomic E-state index is 0.0353. The van der Waals surface area contributed by atoms with Gasteiger partial charge in [-0.15, -0.1) is 0 Å². The zero-order valence-electron chi connectivity index (χ0n) is 11.5. The lowest BCUT2D eigenvalue weighted by molar-refractivity contribution is 0.219. The monoisotopic (exact) mass is 320 g/mol. The standard InChI is InChI=1S/C13H18ClFN2O2S/c1-13(16-2)5-7-17(8-6-13)20(18,19)10-3-4-12(15)11(14)9-10/h3-4,9,16H,5-8H2,1-2H3. The van der Waals surface area contributed by atoms with Crippen molar-refractivity contribution in [1.29, 1.82) is 0 Å². The van der Waals surface area contributed by atoms with E-state index in [0.717, 1.165) is 25.0 Å². The van der Waals surface area contributed by atoms with E-state index >= 15 is 0 Å². The first-order valence-electron chi connectivity index (χ1n) is 6.43. The van der Waals surface area contributed by atoms with E-state index in [9.17, 15) is 12.8 Å². The zero-order chi connectivity index (χ0) is 15.0. The highest BCUT2D eigenvalue weighted by atomic mass is 35.5. The van der Waals surface area contributed by atoms with Crippen LogP contribution in [0.5, 0.6) is 0 Å². The van der Waals surface area contributed by atoms with Crippen LogP contribution >= 0.6 is 11.6 Å². The highest BCUT2D eigenvalue weighted by molar-refractivity contribution is 7.89. The van der Waals surface area contributed by atoms with Gasteiger partial charge in [0.1, 0.15) is 5.82 Å². The van der Waals surface area contributed by atoms with Crippen LogP contribution in [0.2, 0.25) is 5.02 Å². The summed E-state index contributed by atoms with van der Waals surface area (Å²) in [5.74, 6) is -0.619. The lowest BCUT2D eigenvalue weighted by Gasteiger charge is -2.38. The first-order chi connectivity index (χ1) is 9.28. The lowest BCUT2D eigenvalue weighted by atomic mass is 9.91. The molecule has 4 nitrogen and oxygen atoms in total. The van der Waals surface area contributed by atoms with Crippen LogP contribution in [0, 0.1) is 5.82 Å². The van der Waals surface area contributed by atoms with Gasteiger partial charge in [-0.25, -0.2) is 12.8 Å². The van der Waals surface area contributed by atoms with E-state index in [1.807, 2.05) is 7.05 Å². The van der Waals surface area contributed by atoms with Gasteiger partial charge in [0.05, 0.1) is 9.92 Å². The Morgan fingerprint density at radius 3 is 2.45 bits per heavy atom. The number of piperidine rings is 1. The minimum atomic E-state index is -3.61. The Kier molecular flexibility index (Phi) is 4.39. The molecule has 1 aromatic carbocycles. The van der Waals surface area contributed by atoms with Crippen molar-refractivity contribution in [2.75, 3.05) is 20.1 Å². The summed E-state index contributed by atoms with van der Waals surface area (Å²) in [5, 5.41) is 3.04. The lowest BCUT2D eigenvalue weighted by Crippen LogP contribution is -2.51. The molecule has 1 fully saturated rings. The van der Waals surface area contributed by atoms with Crippen LogP contribution < -0.4 is 5.32 Å². The van der Waals surface area contributed by atoms with Gasteiger partial charge < -0.3 is 5.32 Å². The average Bonchev–Trinajstić information content (AvgIpc) is 2.42. The molecule has 0 amide bonds. The second-order valence-electron chi connectivity index (χ2n) is 5.29. The molecule has 0 saturated carbocycles. The van der Waals surface area contributed by atoms with E-state index in [-0.39, 0.29) is 15.5 Å². The Hall–Kier alpha value is -0.690. The molecule has 20 heavy (non-hydrogen) atoms. The Balaban J connectivity index is 2.22. The molecule has 2 rings (SSSR count). The highest BCUT2D eigenvalue weighted by Crippen LogP contribution is 2.27. The Bertz CT molecular complexity index is 598. The Labute approximate surface area is 124 Å². The van der Waals surface area contributed by atoms with Crippen molar-refractivity contribution in [2.45, 2.75) is 30.2 Å². The molecule has 0 unspecified atom stereocenters. The van der Waals surface area contributed by atoms with E-state index in [1.54, 1.807) is 0 Å². The second-order valence-corrected chi connectivity index (χ2v) is 7.64. The summed E-state index contributed by atoms with van der Waals surface area (Å²) in [5.41, 5.74) is -0.0353. The minimum Gasteiger partial charge on any atom is -0.314 e. The third-order valence-electron chi connectivity index (χ3n) is 3.96. The molecule has 1 aliphatic heterocycles. The third kappa shape index (κ3) is 2.98. The van der Waals surface area contributed by atoms with Gasteiger partial charge in [0.15, 0.2) is 0 Å². The van der Waals surface area contributed by atoms with Gasteiger partial charge in [-0.3, -0.25) is 0 Å². The quantitative estimate of drug-likeness (QED) is 0.929. The Morgan fingerprint density at radius 2 is 1.95 bits per heavy atom. The van der Waals surface area contributed by atoms with Gasteiger partial charge >= 0.3 is 0 Å². The number of sulfonamides is 1. The number of benzene rings is 1. The third-order valence-corrected chi connectivity index (χ3v) is 6.14. The number of hydrogen-bond donors (Lipinski definition) is 1. The van der Waals surface area contributed by atoms with Crippen molar-refractivity contribution in [3.63, 3.8) is 0 Å². The average molecular weight is 321 g/mol. The summed E-state index contributed by atoms with van der Waals surface area (Å²) in [4.78, 5) is 0.0389. The summed E-state index contributed by atoms with van der Waals surface area (Å²) >= 11 is 5.66. The van der Waals surface area contributed by atoms with Crippen LogP contribution in [0.3, 0.4) is 0 Å². The molecule has 1 aromatic rings. The molecule has 0 spiro atoms. The Morgan fingerprint density at radius 1 is 1.35 bits per heavy atom. The van der Waals surface area contributed by atoms with Crippen molar-refractivity contribution in [2.24, 2.45) is 0 Å². The van der Waals surface area contributed by atoms with Crippen LogP contribution in [0.15, 0.2) is 23.1 Å². The predicted octanol–water partition coefficient (Wildman–Crippen LogP) is 2.24. The number of rotatable bonds is 3. The van der Waals surface area contributed by atoms with Crippen molar-refractivity contribution >= 4 is 21.6 Å². The molecule has 0 aliphatic carbocycles. The van der Waals surface area contributed by atoms with Crippen molar-refractivity contribution < 1.29 is 12.8 Å². The topological polar surface area (TPSA) is 49.4 Å². The van der Waals surface area contributed by atoms with Crippen molar-refractivity contribution in [1.82, 2.24) is 9.62 Å². The summed E-state index contributed by atoms with van der Waals surface area (Å²) in [7, 11) is -1.73. The predicted molar refractivity (Wildman–Crippen MR) is 76.9 cm³/mol. The molecule has 1 aliphatic rings. The molecular weight excluding hydrogens is 303 g/mol. The summed E-state index contributed by atoms with van der Waals surface area (Å²) < 4.78 is 39.5. The van der Waals surface area contributed by atoms with E-state index in [4.69, 9.17) is 11.6 Å². The molecule has 0 bridgehead atoms. The molecule has 0 radical (unpaired) electrons. The molecule has 112 valence electrons. The van der Waals surface area contributed by atoms with E-state index < -0.39 is 15.8 Å². The first-order valence-corrected chi connectivity index (χ1v) is 8.24. The SMILES string of the molecule is CNC1(C)CCN(S(=O)(=O)c2ccc(F)c(Cl)c2)CC1.